The Balaban J connectivity index is 1.51. The molecule has 6 heteroatoms. The first-order valence-corrected chi connectivity index (χ1v) is 10.5. The maximum absolute atomic E-state index is 13.4. The summed E-state index contributed by atoms with van der Waals surface area (Å²) < 4.78 is 11.3. The molecule has 0 saturated heterocycles. The minimum atomic E-state index is -0.360. The molecule has 2 aromatic heterocycles. The molecule has 5 rings (SSSR count). The SMILES string of the molecule is COCc1c(C(=O)N[C@@H](Cc2ccccc2)c2nc3ccccc3[nH]2)oc2ccccc12. The lowest BCUT2D eigenvalue weighted by Gasteiger charge is -2.17. The fourth-order valence-electron chi connectivity index (χ4n) is 4.00. The van der Waals surface area contributed by atoms with Crippen molar-refractivity contribution in [2.75, 3.05) is 7.11 Å². The van der Waals surface area contributed by atoms with Crippen molar-refractivity contribution in [3.05, 3.63) is 102 Å². The molecule has 2 N–H and O–H groups in total. The molecule has 0 saturated carbocycles. The van der Waals surface area contributed by atoms with Crippen molar-refractivity contribution in [3.8, 4) is 0 Å². The van der Waals surface area contributed by atoms with Crippen LogP contribution in [0, 0.1) is 0 Å². The normalized spacial score (nSPS) is 12.3. The highest BCUT2D eigenvalue weighted by molar-refractivity contribution is 5.99. The van der Waals surface area contributed by atoms with Crippen LogP contribution >= 0.6 is 0 Å². The van der Waals surface area contributed by atoms with Gasteiger partial charge in [-0.1, -0.05) is 60.7 Å². The average molecular weight is 425 g/mol. The van der Waals surface area contributed by atoms with Crippen LogP contribution in [-0.4, -0.2) is 23.0 Å². The summed E-state index contributed by atoms with van der Waals surface area (Å²) in [5.74, 6) is 0.671. The van der Waals surface area contributed by atoms with E-state index in [0.717, 1.165) is 27.5 Å². The van der Waals surface area contributed by atoms with Gasteiger partial charge in [-0.25, -0.2) is 4.98 Å². The van der Waals surface area contributed by atoms with Crippen molar-refractivity contribution >= 4 is 27.9 Å². The summed E-state index contributed by atoms with van der Waals surface area (Å²) in [6, 6.07) is 25.1. The van der Waals surface area contributed by atoms with E-state index in [-0.39, 0.29) is 24.3 Å². The molecule has 0 aliphatic heterocycles. The number of para-hydroxylation sites is 3. The number of benzene rings is 3. The Labute approximate surface area is 185 Å². The largest absolute Gasteiger partial charge is 0.451 e. The number of hydrogen-bond donors (Lipinski definition) is 2. The number of hydrogen-bond acceptors (Lipinski definition) is 4. The van der Waals surface area contributed by atoms with E-state index in [1.807, 2.05) is 78.9 Å². The number of ether oxygens (including phenoxy) is 1. The van der Waals surface area contributed by atoms with Gasteiger partial charge in [-0.3, -0.25) is 4.79 Å². The van der Waals surface area contributed by atoms with Gasteiger partial charge in [0, 0.05) is 18.1 Å². The minimum absolute atomic E-state index is 0.266. The van der Waals surface area contributed by atoms with Gasteiger partial charge < -0.3 is 19.5 Å². The lowest BCUT2D eigenvalue weighted by Crippen LogP contribution is -2.31. The predicted octanol–water partition coefficient (Wildman–Crippen LogP) is 5.17. The molecule has 0 unspecified atom stereocenters. The monoisotopic (exact) mass is 425 g/mol. The number of rotatable bonds is 7. The molecule has 32 heavy (non-hydrogen) atoms. The van der Waals surface area contributed by atoms with Gasteiger partial charge in [0.05, 0.1) is 23.7 Å². The highest BCUT2D eigenvalue weighted by atomic mass is 16.5. The first kappa shape index (κ1) is 20.0. The van der Waals surface area contributed by atoms with Gasteiger partial charge in [0.15, 0.2) is 5.76 Å². The topological polar surface area (TPSA) is 80.1 Å². The van der Waals surface area contributed by atoms with Crippen LogP contribution < -0.4 is 5.32 Å². The van der Waals surface area contributed by atoms with Gasteiger partial charge in [-0.05, 0) is 30.2 Å². The predicted molar refractivity (Wildman–Crippen MR) is 123 cm³/mol. The molecule has 0 radical (unpaired) electrons. The van der Waals surface area contributed by atoms with Crippen LogP contribution in [0.3, 0.4) is 0 Å². The third-order valence-electron chi connectivity index (χ3n) is 5.52. The number of methoxy groups -OCH3 is 1. The third-order valence-corrected chi connectivity index (χ3v) is 5.52. The quantitative estimate of drug-likeness (QED) is 0.377. The number of carbonyl (C=O) groups is 1. The summed E-state index contributed by atoms with van der Waals surface area (Å²) in [4.78, 5) is 21.5. The second-order valence-corrected chi connectivity index (χ2v) is 7.69. The summed E-state index contributed by atoms with van der Waals surface area (Å²) in [7, 11) is 1.61. The summed E-state index contributed by atoms with van der Waals surface area (Å²) in [5.41, 5.74) is 4.29. The van der Waals surface area contributed by atoms with E-state index in [1.54, 1.807) is 7.11 Å². The van der Waals surface area contributed by atoms with Crippen molar-refractivity contribution in [3.63, 3.8) is 0 Å². The van der Waals surface area contributed by atoms with E-state index >= 15 is 0 Å². The number of nitrogens with zero attached hydrogens (tertiary/aromatic N) is 1. The molecular weight excluding hydrogens is 402 g/mol. The fourth-order valence-corrected chi connectivity index (χ4v) is 4.00. The number of fused-ring (bicyclic) bond motifs is 2. The Bertz CT molecular complexity index is 1340. The van der Waals surface area contributed by atoms with Crippen molar-refractivity contribution in [2.45, 2.75) is 19.1 Å². The van der Waals surface area contributed by atoms with Crippen molar-refractivity contribution < 1.29 is 13.9 Å². The average Bonchev–Trinajstić information content (AvgIpc) is 3.42. The van der Waals surface area contributed by atoms with Crippen LogP contribution in [-0.2, 0) is 17.8 Å². The van der Waals surface area contributed by atoms with Gasteiger partial charge in [0.2, 0.25) is 0 Å². The zero-order valence-electron chi connectivity index (χ0n) is 17.7. The molecule has 1 amide bonds. The lowest BCUT2D eigenvalue weighted by molar-refractivity contribution is 0.0902. The van der Waals surface area contributed by atoms with Crippen LogP contribution in [0.2, 0.25) is 0 Å². The van der Waals surface area contributed by atoms with E-state index in [4.69, 9.17) is 14.1 Å². The van der Waals surface area contributed by atoms with E-state index in [1.165, 1.54) is 0 Å². The number of aromatic amines is 1. The molecule has 2 heterocycles. The van der Waals surface area contributed by atoms with Crippen LogP contribution in [0.5, 0.6) is 0 Å². The fraction of sp³-hybridized carbons (Fsp3) is 0.154. The van der Waals surface area contributed by atoms with Gasteiger partial charge in [-0.15, -0.1) is 0 Å². The summed E-state index contributed by atoms with van der Waals surface area (Å²) in [6.07, 6.45) is 0.590. The number of amides is 1. The molecule has 1 atom stereocenters. The van der Waals surface area contributed by atoms with Crippen LogP contribution in [0.4, 0.5) is 0 Å². The van der Waals surface area contributed by atoms with Crippen LogP contribution in [0.1, 0.15) is 33.5 Å². The standard InChI is InChI=1S/C26H23N3O3/c1-31-16-19-18-11-5-8-14-23(18)32-24(19)26(30)29-22(15-17-9-3-2-4-10-17)25-27-20-12-6-7-13-21(20)28-25/h2-14,22H,15-16H2,1H3,(H,27,28)(H,29,30)/t22-/m0/s1. The molecular formula is C26H23N3O3. The van der Waals surface area contributed by atoms with Gasteiger partial charge in [0.1, 0.15) is 11.4 Å². The third kappa shape index (κ3) is 3.88. The zero-order chi connectivity index (χ0) is 21.9. The summed E-state index contributed by atoms with van der Waals surface area (Å²) in [6.45, 7) is 0.285. The van der Waals surface area contributed by atoms with E-state index in [2.05, 4.69) is 10.3 Å². The maximum Gasteiger partial charge on any atom is 0.288 e. The molecule has 0 fully saturated rings. The van der Waals surface area contributed by atoms with Crippen molar-refractivity contribution in [2.24, 2.45) is 0 Å². The molecule has 6 nitrogen and oxygen atoms in total. The first-order chi connectivity index (χ1) is 15.7. The summed E-state index contributed by atoms with van der Waals surface area (Å²) >= 11 is 0. The number of H-pyrrole nitrogens is 1. The van der Waals surface area contributed by atoms with E-state index in [0.29, 0.717) is 17.8 Å². The van der Waals surface area contributed by atoms with Gasteiger partial charge in [0.25, 0.3) is 5.91 Å². The number of aromatic nitrogens is 2. The molecule has 0 aliphatic rings. The Morgan fingerprint density at radius 3 is 2.59 bits per heavy atom. The second-order valence-electron chi connectivity index (χ2n) is 7.69. The second kappa shape index (κ2) is 8.69. The molecule has 160 valence electrons. The van der Waals surface area contributed by atoms with Crippen molar-refractivity contribution in [1.82, 2.24) is 15.3 Å². The molecule has 0 bridgehead atoms. The van der Waals surface area contributed by atoms with E-state index in [9.17, 15) is 4.79 Å². The number of imidazole rings is 1. The summed E-state index contributed by atoms with van der Waals surface area (Å²) in [5, 5.41) is 4.01. The molecule has 3 aromatic carbocycles. The zero-order valence-corrected chi connectivity index (χ0v) is 17.7. The Morgan fingerprint density at radius 2 is 1.78 bits per heavy atom. The Hall–Kier alpha value is -3.90. The number of carbonyl (C=O) groups excluding carboxylic acids is 1. The van der Waals surface area contributed by atoms with Gasteiger partial charge >= 0.3 is 0 Å². The Morgan fingerprint density at radius 1 is 1.03 bits per heavy atom. The number of nitrogens with one attached hydrogen (secondary N) is 2. The first-order valence-electron chi connectivity index (χ1n) is 10.5. The maximum atomic E-state index is 13.4. The van der Waals surface area contributed by atoms with Crippen molar-refractivity contribution in [1.29, 1.82) is 0 Å². The van der Waals surface area contributed by atoms with Crippen LogP contribution in [0.25, 0.3) is 22.0 Å². The van der Waals surface area contributed by atoms with E-state index < -0.39 is 0 Å². The minimum Gasteiger partial charge on any atom is -0.451 e. The smallest absolute Gasteiger partial charge is 0.288 e. The Kier molecular flexibility index (Phi) is 5.44. The molecule has 0 spiro atoms. The highest BCUT2D eigenvalue weighted by Gasteiger charge is 2.25. The molecule has 5 aromatic rings. The van der Waals surface area contributed by atoms with Gasteiger partial charge in [-0.2, -0.15) is 0 Å². The highest BCUT2D eigenvalue weighted by Crippen LogP contribution is 2.28. The number of furan rings is 1. The van der Waals surface area contributed by atoms with Crippen LogP contribution in [0.15, 0.2) is 83.3 Å². The molecule has 0 aliphatic carbocycles. The lowest BCUT2D eigenvalue weighted by atomic mass is 10.0.